The molecule has 0 bridgehead atoms. The predicted molar refractivity (Wildman–Crippen MR) is 89.7 cm³/mol. The number of benzene rings is 2. The Balaban J connectivity index is 1.95. The van der Waals surface area contributed by atoms with E-state index < -0.39 is 11.6 Å². The number of ether oxygens (including phenoxy) is 1. The maximum atomic E-state index is 13.9. The lowest BCUT2D eigenvalue weighted by atomic mass is 10.1. The summed E-state index contributed by atoms with van der Waals surface area (Å²) in [6.45, 7) is 3.35. The summed E-state index contributed by atoms with van der Waals surface area (Å²) in [5.41, 5.74) is 2.28. The first-order valence-electron chi connectivity index (χ1n) is 8.01. The van der Waals surface area contributed by atoms with Crippen LogP contribution in [0.1, 0.15) is 37.0 Å². The molecule has 0 aliphatic heterocycles. The van der Waals surface area contributed by atoms with Crippen LogP contribution in [0, 0.1) is 11.6 Å². The highest BCUT2D eigenvalue weighted by atomic mass is 19.2. The number of aryl methyl sites for hydroxylation is 2. The van der Waals surface area contributed by atoms with Crippen LogP contribution in [0.3, 0.4) is 0 Å². The number of hydrogen-bond donors (Lipinski definition) is 0. The van der Waals surface area contributed by atoms with Crippen molar-refractivity contribution in [3.63, 3.8) is 0 Å². The van der Waals surface area contributed by atoms with Gasteiger partial charge in [0.15, 0.2) is 11.6 Å². The SMILES string of the molecule is CCc1ccc(OCc2ccc(CCC=C(C)F)cc2)c(F)c1F. The third-order valence-corrected chi connectivity index (χ3v) is 3.78. The highest BCUT2D eigenvalue weighted by Crippen LogP contribution is 2.24. The minimum absolute atomic E-state index is 0.0858. The molecule has 1 nitrogen and oxygen atoms in total. The van der Waals surface area contributed by atoms with Crippen LogP contribution in [0.4, 0.5) is 13.2 Å². The van der Waals surface area contributed by atoms with E-state index in [4.69, 9.17) is 4.74 Å². The molecule has 0 aliphatic carbocycles. The van der Waals surface area contributed by atoms with E-state index in [0.717, 1.165) is 17.5 Å². The molecule has 2 aromatic carbocycles. The van der Waals surface area contributed by atoms with Gasteiger partial charge in [-0.25, -0.2) is 8.78 Å². The van der Waals surface area contributed by atoms with Crippen molar-refractivity contribution < 1.29 is 17.9 Å². The lowest BCUT2D eigenvalue weighted by Crippen LogP contribution is -2.01. The summed E-state index contributed by atoms with van der Waals surface area (Å²) in [7, 11) is 0. The zero-order valence-electron chi connectivity index (χ0n) is 13.9. The van der Waals surface area contributed by atoms with E-state index in [2.05, 4.69) is 0 Å². The Labute approximate surface area is 140 Å². The fourth-order valence-corrected chi connectivity index (χ4v) is 2.36. The average molecular weight is 334 g/mol. The molecule has 0 amide bonds. The molecule has 0 aromatic heterocycles. The van der Waals surface area contributed by atoms with E-state index in [1.165, 1.54) is 19.1 Å². The summed E-state index contributed by atoms with van der Waals surface area (Å²) in [6.07, 6.45) is 3.38. The molecule has 0 N–H and O–H groups in total. The molecule has 0 saturated heterocycles. The van der Waals surface area contributed by atoms with E-state index in [9.17, 15) is 13.2 Å². The quantitative estimate of drug-likeness (QED) is 0.611. The number of halogens is 3. The third-order valence-electron chi connectivity index (χ3n) is 3.78. The molecule has 24 heavy (non-hydrogen) atoms. The molecular formula is C20H21F3O. The molecule has 0 fully saturated rings. The second-order valence-electron chi connectivity index (χ2n) is 5.64. The van der Waals surface area contributed by atoms with Gasteiger partial charge in [-0.15, -0.1) is 0 Å². The smallest absolute Gasteiger partial charge is 0.200 e. The highest BCUT2D eigenvalue weighted by molar-refractivity contribution is 5.31. The molecule has 4 heteroatoms. The third kappa shape index (κ3) is 4.88. The van der Waals surface area contributed by atoms with Gasteiger partial charge in [-0.05, 0) is 48.9 Å². The van der Waals surface area contributed by atoms with Crippen molar-refractivity contribution in [2.24, 2.45) is 0 Å². The van der Waals surface area contributed by atoms with Crippen LogP contribution >= 0.6 is 0 Å². The lowest BCUT2D eigenvalue weighted by Gasteiger charge is -2.10. The van der Waals surface area contributed by atoms with Crippen LogP contribution < -0.4 is 4.74 Å². The molecule has 0 spiro atoms. The van der Waals surface area contributed by atoms with Gasteiger partial charge in [-0.3, -0.25) is 0 Å². The van der Waals surface area contributed by atoms with Gasteiger partial charge in [0.05, 0.1) is 5.83 Å². The molecule has 2 aromatic rings. The highest BCUT2D eigenvalue weighted by Gasteiger charge is 2.13. The Morgan fingerprint density at radius 2 is 1.67 bits per heavy atom. The van der Waals surface area contributed by atoms with Crippen LogP contribution in [-0.4, -0.2) is 0 Å². The summed E-state index contributed by atoms with van der Waals surface area (Å²) >= 11 is 0. The van der Waals surface area contributed by atoms with Crippen LogP contribution in [0.2, 0.25) is 0 Å². The standard InChI is InChI=1S/C20H21F3O/c1-3-17-11-12-18(20(23)19(17)22)24-13-16-9-7-15(8-10-16)6-4-5-14(2)21/h5,7-12H,3-4,6,13H2,1-2H3. The number of hydrogen-bond acceptors (Lipinski definition) is 1. The molecule has 0 radical (unpaired) electrons. The Bertz CT molecular complexity index is 702. The van der Waals surface area contributed by atoms with Gasteiger partial charge >= 0.3 is 0 Å². The zero-order valence-corrected chi connectivity index (χ0v) is 13.9. The van der Waals surface area contributed by atoms with Crippen molar-refractivity contribution in [2.45, 2.75) is 39.7 Å². The second-order valence-corrected chi connectivity index (χ2v) is 5.64. The minimum atomic E-state index is -0.945. The van der Waals surface area contributed by atoms with Gasteiger partial charge in [0, 0.05) is 0 Å². The van der Waals surface area contributed by atoms with E-state index in [1.807, 2.05) is 24.3 Å². The Morgan fingerprint density at radius 1 is 1.00 bits per heavy atom. The summed E-state index contributed by atoms with van der Waals surface area (Å²) in [6, 6.07) is 10.6. The van der Waals surface area contributed by atoms with E-state index in [0.29, 0.717) is 18.4 Å². The molecule has 0 heterocycles. The Hall–Kier alpha value is -2.23. The van der Waals surface area contributed by atoms with Gasteiger partial charge in [-0.1, -0.05) is 43.3 Å². The monoisotopic (exact) mass is 334 g/mol. The molecule has 0 saturated carbocycles. The predicted octanol–water partition coefficient (Wildman–Crippen LogP) is 5.91. The fourth-order valence-electron chi connectivity index (χ4n) is 2.36. The van der Waals surface area contributed by atoms with Crippen molar-refractivity contribution in [1.82, 2.24) is 0 Å². The Morgan fingerprint density at radius 3 is 2.29 bits per heavy atom. The average Bonchev–Trinajstić information content (AvgIpc) is 2.57. The number of rotatable bonds is 7. The summed E-state index contributed by atoms with van der Waals surface area (Å²) in [5.74, 6) is -2.05. The fraction of sp³-hybridized carbons (Fsp3) is 0.300. The van der Waals surface area contributed by atoms with Gasteiger partial charge in [-0.2, -0.15) is 4.39 Å². The maximum absolute atomic E-state index is 13.9. The molecule has 0 atom stereocenters. The second kappa shape index (κ2) is 8.57. The largest absolute Gasteiger partial charge is 0.486 e. The topological polar surface area (TPSA) is 9.23 Å². The van der Waals surface area contributed by atoms with Gasteiger partial charge < -0.3 is 4.74 Å². The molecule has 2 rings (SSSR count). The van der Waals surface area contributed by atoms with Gasteiger partial charge in [0.1, 0.15) is 6.61 Å². The van der Waals surface area contributed by atoms with Crippen molar-refractivity contribution in [3.8, 4) is 5.75 Å². The maximum Gasteiger partial charge on any atom is 0.200 e. The van der Waals surface area contributed by atoms with Gasteiger partial charge in [0.2, 0.25) is 5.82 Å². The van der Waals surface area contributed by atoms with E-state index in [-0.39, 0.29) is 18.2 Å². The normalized spacial score (nSPS) is 11.6. The molecule has 0 unspecified atom stereocenters. The van der Waals surface area contributed by atoms with Crippen molar-refractivity contribution >= 4 is 0 Å². The van der Waals surface area contributed by atoms with Crippen LogP contribution in [0.25, 0.3) is 0 Å². The molecule has 128 valence electrons. The first-order valence-corrected chi connectivity index (χ1v) is 8.01. The van der Waals surface area contributed by atoms with Crippen molar-refractivity contribution in [1.29, 1.82) is 0 Å². The van der Waals surface area contributed by atoms with Gasteiger partial charge in [0.25, 0.3) is 0 Å². The zero-order chi connectivity index (χ0) is 17.5. The van der Waals surface area contributed by atoms with E-state index >= 15 is 0 Å². The molecule has 0 aliphatic rings. The first-order chi connectivity index (χ1) is 11.5. The van der Waals surface area contributed by atoms with E-state index in [1.54, 1.807) is 13.0 Å². The summed E-state index contributed by atoms with van der Waals surface area (Å²) in [5, 5.41) is 0. The lowest BCUT2D eigenvalue weighted by molar-refractivity contribution is 0.284. The van der Waals surface area contributed by atoms with Crippen LogP contribution in [0.5, 0.6) is 5.75 Å². The Kier molecular flexibility index (Phi) is 6.47. The summed E-state index contributed by atoms with van der Waals surface area (Å²) < 4.78 is 45.6. The van der Waals surface area contributed by atoms with Crippen molar-refractivity contribution in [2.75, 3.05) is 0 Å². The number of allylic oxidation sites excluding steroid dienone is 2. The van der Waals surface area contributed by atoms with Crippen molar-refractivity contribution in [3.05, 3.63) is 76.6 Å². The first kappa shape index (κ1) is 18.1. The minimum Gasteiger partial charge on any atom is -0.486 e. The summed E-state index contributed by atoms with van der Waals surface area (Å²) in [4.78, 5) is 0. The van der Waals surface area contributed by atoms with Crippen LogP contribution in [-0.2, 0) is 19.4 Å². The molecular weight excluding hydrogens is 313 g/mol. The van der Waals surface area contributed by atoms with Crippen LogP contribution in [0.15, 0.2) is 48.3 Å².